The van der Waals surface area contributed by atoms with Crippen LogP contribution in [-0.2, 0) is 10.8 Å². The number of anilines is 6. The van der Waals surface area contributed by atoms with Crippen LogP contribution < -0.4 is 26.2 Å². The van der Waals surface area contributed by atoms with E-state index < -0.39 is 0 Å². The number of hydrogen-bond donors (Lipinski definition) is 0. The third kappa shape index (κ3) is 8.39. The third-order valence-electron chi connectivity index (χ3n) is 19.6. The van der Waals surface area contributed by atoms with E-state index in [9.17, 15) is 0 Å². The average molecular weight is 1210 g/mol. The van der Waals surface area contributed by atoms with Gasteiger partial charge in [0.25, 0.3) is 6.71 Å². The summed E-state index contributed by atoms with van der Waals surface area (Å²) in [6, 6.07) is 107. The Labute approximate surface area is 547 Å². The van der Waals surface area contributed by atoms with Crippen molar-refractivity contribution in [3.05, 3.63) is 290 Å². The fourth-order valence-electron chi connectivity index (χ4n) is 15.6. The molecule has 18 rings (SSSR count). The van der Waals surface area contributed by atoms with Gasteiger partial charge in [-0.2, -0.15) is 0 Å². The molecular formula is C86H64BN3S2. The predicted molar refractivity (Wildman–Crippen MR) is 393 cm³/mol. The zero-order valence-electron chi connectivity index (χ0n) is 52.3. The normalized spacial score (nSPS) is 13.4. The van der Waals surface area contributed by atoms with Crippen LogP contribution in [0.15, 0.2) is 299 Å². The predicted octanol–water partition coefficient (Wildman–Crippen LogP) is 22.4. The van der Waals surface area contributed by atoms with Crippen molar-refractivity contribution >= 4 is 103 Å². The second kappa shape index (κ2) is 20.8. The van der Waals surface area contributed by atoms with E-state index in [0.29, 0.717) is 0 Å². The standard InChI is InChI=1S/C86H64BN3S2/c1-85(2,3)68-39-25-37-64-60-33-15-21-43-76(60)91-78-45-23-17-35-62(78)66-47-55(53-27-9-7-10-28-53)49-70-83(66)89(81(64)68)74-51-57(88-72-41-19-13-31-58(72)59-32-14-20-42-73(59)88)52-75-80(74)87(70)71-50-56(54-29-11-8-12-30-54)48-67-63-36-18-24-46-79(63)92-77-44-22-16-34-61(77)65-38-26-40-69(86(4,5)6)82(65)90(75)84(67)71/h7-52H,1-6H3. The Kier molecular flexibility index (Phi) is 12.4. The Balaban J connectivity index is 1.12. The van der Waals surface area contributed by atoms with Gasteiger partial charge in [-0.25, -0.2) is 0 Å². The molecule has 0 atom stereocenters. The molecule has 0 N–H and O–H groups in total. The summed E-state index contributed by atoms with van der Waals surface area (Å²) in [6.07, 6.45) is 0. The van der Waals surface area contributed by atoms with Crippen LogP contribution in [0.2, 0.25) is 0 Å². The molecule has 4 aliphatic heterocycles. The van der Waals surface area contributed by atoms with E-state index in [1.807, 2.05) is 23.5 Å². The maximum atomic E-state index is 2.79. The maximum absolute atomic E-state index is 2.79. The average Bonchev–Trinajstić information content (AvgIpc) is 0.710. The molecule has 0 spiro atoms. The number of aromatic nitrogens is 1. The highest BCUT2D eigenvalue weighted by Crippen LogP contribution is 2.60. The number of hydrogen-bond acceptors (Lipinski definition) is 4. The Hall–Kier alpha value is -9.98. The van der Waals surface area contributed by atoms with Crippen molar-refractivity contribution < 1.29 is 0 Å². The van der Waals surface area contributed by atoms with Crippen molar-refractivity contribution in [1.82, 2.24) is 4.57 Å². The van der Waals surface area contributed by atoms with Gasteiger partial charge in [0.2, 0.25) is 0 Å². The Morgan fingerprint density at radius 2 is 0.641 bits per heavy atom. The molecule has 0 saturated carbocycles. The van der Waals surface area contributed by atoms with Crippen molar-refractivity contribution in [1.29, 1.82) is 0 Å². The van der Waals surface area contributed by atoms with Crippen molar-refractivity contribution in [2.75, 3.05) is 9.80 Å². The van der Waals surface area contributed by atoms with E-state index in [-0.39, 0.29) is 17.5 Å². The second-order valence-corrected chi connectivity index (χ2v) is 29.3. The van der Waals surface area contributed by atoms with Crippen LogP contribution in [0.4, 0.5) is 34.1 Å². The molecule has 0 unspecified atom stereocenters. The van der Waals surface area contributed by atoms with E-state index in [1.54, 1.807) is 0 Å². The first-order chi connectivity index (χ1) is 44.9. The molecule has 92 heavy (non-hydrogen) atoms. The van der Waals surface area contributed by atoms with Crippen molar-refractivity contribution in [2.24, 2.45) is 0 Å². The Morgan fingerprint density at radius 3 is 1.04 bits per heavy atom. The molecule has 3 nitrogen and oxygen atoms in total. The van der Waals surface area contributed by atoms with Crippen LogP contribution in [0.5, 0.6) is 0 Å². The fraction of sp³-hybridized carbons (Fsp3) is 0.0930. The number of rotatable bonds is 3. The lowest BCUT2D eigenvalue weighted by molar-refractivity contribution is 0.591. The van der Waals surface area contributed by atoms with Crippen LogP contribution in [0.3, 0.4) is 0 Å². The van der Waals surface area contributed by atoms with Gasteiger partial charge in [0, 0.05) is 75.4 Å². The van der Waals surface area contributed by atoms with Crippen molar-refractivity contribution in [3.8, 4) is 72.4 Å². The molecule has 1 aromatic heterocycles. The molecule has 13 aromatic carbocycles. The van der Waals surface area contributed by atoms with Crippen molar-refractivity contribution in [3.63, 3.8) is 0 Å². The van der Waals surface area contributed by atoms with E-state index >= 15 is 0 Å². The minimum absolute atomic E-state index is 0.282. The summed E-state index contributed by atoms with van der Waals surface area (Å²) in [6.45, 7) is 14.1. The molecule has 14 aromatic rings. The molecule has 0 fully saturated rings. The third-order valence-corrected chi connectivity index (χ3v) is 21.9. The molecule has 0 bridgehead atoms. The number of benzene rings is 13. The minimum Gasteiger partial charge on any atom is -0.310 e. The lowest BCUT2D eigenvalue weighted by Gasteiger charge is -2.48. The highest BCUT2D eigenvalue weighted by Gasteiger charge is 2.49. The van der Waals surface area contributed by atoms with Crippen LogP contribution in [-0.4, -0.2) is 11.3 Å². The van der Waals surface area contributed by atoms with Crippen LogP contribution in [0.25, 0.3) is 94.3 Å². The lowest BCUT2D eigenvalue weighted by Crippen LogP contribution is -2.62. The minimum atomic E-state index is -0.299. The van der Waals surface area contributed by atoms with E-state index in [2.05, 4.69) is 335 Å². The summed E-state index contributed by atoms with van der Waals surface area (Å²) >= 11 is 3.77. The maximum Gasteiger partial charge on any atom is 0.252 e. The van der Waals surface area contributed by atoms with E-state index in [4.69, 9.17) is 0 Å². The monoisotopic (exact) mass is 1210 g/mol. The zero-order valence-corrected chi connectivity index (χ0v) is 53.9. The molecule has 438 valence electrons. The van der Waals surface area contributed by atoms with Gasteiger partial charge in [-0.3, -0.25) is 0 Å². The number of para-hydroxylation sites is 4. The smallest absolute Gasteiger partial charge is 0.252 e. The molecule has 0 radical (unpaired) electrons. The first-order valence-electron chi connectivity index (χ1n) is 32.2. The van der Waals surface area contributed by atoms with Gasteiger partial charge < -0.3 is 14.4 Å². The number of nitrogens with zero attached hydrogens (tertiary/aromatic N) is 3. The summed E-state index contributed by atoms with van der Waals surface area (Å²) in [5.74, 6) is 0. The van der Waals surface area contributed by atoms with Crippen LogP contribution in [0.1, 0.15) is 52.7 Å². The fourth-order valence-corrected chi connectivity index (χ4v) is 17.8. The number of fused-ring (bicyclic) bond motifs is 19. The highest BCUT2D eigenvalue weighted by atomic mass is 32.2. The lowest BCUT2D eigenvalue weighted by atomic mass is 9.32. The summed E-state index contributed by atoms with van der Waals surface area (Å²) in [5, 5.41) is 2.45. The Bertz CT molecular complexity index is 5070. The summed E-state index contributed by atoms with van der Waals surface area (Å²) in [7, 11) is 0. The van der Waals surface area contributed by atoms with Gasteiger partial charge in [-0.15, -0.1) is 0 Å². The van der Waals surface area contributed by atoms with E-state index in [0.717, 1.165) is 17.1 Å². The molecule has 0 aliphatic carbocycles. The molecule has 5 heterocycles. The Morgan fingerprint density at radius 1 is 0.293 bits per heavy atom. The summed E-state index contributed by atoms with van der Waals surface area (Å²) < 4.78 is 2.57. The zero-order chi connectivity index (χ0) is 61.7. The summed E-state index contributed by atoms with van der Waals surface area (Å²) in [4.78, 5) is 10.5. The second-order valence-electron chi connectivity index (χ2n) is 27.1. The largest absolute Gasteiger partial charge is 0.310 e. The molecule has 6 heteroatoms. The molecule has 0 amide bonds. The van der Waals surface area contributed by atoms with Crippen molar-refractivity contribution in [2.45, 2.75) is 72.0 Å². The topological polar surface area (TPSA) is 11.4 Å². The molecular weight excluding hydrogens is 1150 g/mol. The molecule has 0 saturated heterocycles. The molecule has 4 aliphatic rings. The van der Waals surface area contributed by atoms with Gasteiger partial charge in [-0.1, -0.05) is 283 Å². The van der Waals surface area contributed by atoms with Gasteiger partial charge in [0.1, 0.15) is 0 Å². The van der Waals surface area contributed by atoms with Gasteiger partial charge in [0.15, 0.2) is 0 Å². The first-order valence-corrected chi connectivity index (χ1v) is 33.8. The van der Waals surface area contributed by atoms with Gasteiger partial charge >= 0.3 is 0 Å². The van der Waals surface area contributed by atoms with Crippen LogP contribution in [0, 0.1) is 0 Å². The first kappa shape index (κ1) is 54.9. The highest BCUT2D eigenvalue weighted by molar-refractivity contribution is 8.00. The van der Waals surface area contributed by atoms with Gasteiger partial charge in [0.05, 0.1) is 28.1 Å². The van der Waals surface area contributed by atoms with Gasteiger partial charge in [-0.05, 0) is 144 Å². The van der Waals surface area contributed by atoms with E-state index in [1.165, 1.54) is 158 Å². The summed E-state index contributed by atoms with van der Waals surface area (Å²) in [5.41, 5.74) is 30.7. The SMILES string of the molecule is CC(C)(C)c1cccc2c1N1c3cc(-n4c5ccccc5c5ccccc54)cc4c3B(c3cc(-c5ccccc5)cc(c31)-c1ccccc1Sc1ccccc1-2)c1cc(-c2ccccc2)cc2c1N4c1c(cccc1C(C)(C)C)-c1ccccc1Sc1ccccc1-2. The van der Waals surface area contributed by atoms with Crippen LogP contribution >= 0.6 is 23.5 Å². The quantitative estimate of drug-likeness (QED) is 0.163.